The zero-order chi connectivity index (χ0) is 11.0. The molecule has 0 aromatic heterocycles. The Kier molecular flexibility index (Phi) is 2.26. The smallest absolute Gasteiger partial charge is 0.306 e. The van der Waals surface area contributed by atoms with Gasteiger partial charge in [0.05, 0.1) is 12.5 Å². The second-order valence-electron chi connectivity index (χ2n) is 3.77. The molecule has 0 amide bonds. The van der Waals surface area contributed by atoms with Gasteiger partial charge in [0.15, 0.2) is 0 Å². The average Bonchev–Trinajstić information content (AvgIpc) is 2.59. The maximum absolute atomic E-state index is 10.9. The SMILES string of the molecule is CC(C(=O)O)C1COc2ccc(O)cc21. The fraction of sp³-hybridized carbons (Fsp3) is 0.364. The molecule has 80 valence electrons. The number of carboxylic acids is 1. The van der Waals surface area contributed by atoms with Crippen LogP contribution in [0.1, 0.15) is 18.4 Å². The Labute approximate surface area is 87.1 Å². The van der Waals surface area contributed by atoms with Gasteiger partial charge in [-0.05, 0) is 18.2 Å². The molecule has 1 aromatic rings. The highest BCUT2D eigenvalue weighted by Gasteiger charge is 2.32. The summed E-state index contributed by atoms with van der Waals surface area (Å²) in [5.74, 6) is -0.717. The summed E-state index contributed by atoms with van der Waals surface area (Å²) in [4.78, 5) is 10.9. The number of aliphatic carboxylic acids is 1. The van der Waals surface area contributed by atoms with E-state index in [1.54, 1.807) is 19.1 Å². The summed E-state index contributed by atoms with van der Waals surface area (Å²) < 4.78 is 5.36. The lowest BCUT2D eigenvalue weighted by atomic mass is 9.89. The first-order chi connectivity index (χ1) is 7.09. The third-order valence-electron chi connectivity index (χ3n) is 2.80. The van der Waals surface area contributed by atoms with Crippen molar-refractivity contribution in [2.24, 2.45) is 5.92 Å². The lowest BCUT2D eigenvalue weighted by molar-refractivity contribution is -0.142. The summed E-state index contributed by atoms with van der Waals surface area (Å²) in [6.07, 6.45) is 0. The van der Waals surface area contributed by atoms with E-state index in [0.29, 0.717) is 12.4 Å². The molecule has 2 atom stereocenters. The van der Waals surface area contributed by atoms with Crippen LogP contribution in [0.5, 0.6) is 11.5 Å². The van der Waals surface area contributed by atoms with Gasteiger partial charge < -0.3 is 14.9 Å². The molecule has 2 unspecified atom stereocenters. The standard InChI is InChI=1S/C11H12O4/c1-6(11(13)14)9-5-15-10-3-2-7(12)4-8(9)10/h2-4,6,9,12H,5H2,1H3,(H,13,14). The highest BCUT2D eigenvalue weighted by Crippen LogP contribution is 2.40. The lowest BCUT2D eigenvalue weighted by Gasteiger charge is -2.13. The van der Waals surface area contributed by atoms with Crippen molar-refractivity contribution in [2.45, 2.75) is 12.8 Å². The first kappa shape index (κ1) is 9.83. The second kappa shape index (κ2) is 3.46. The van der Waals surface area contributed by atoms with Gasteiger partial charge in [-0.25, -0.2) is 0 Å². The Morgan fingerprint density at radius 2 is 2.33 bits per heavy atom. The number of phenolic OH excluding ortho intramolecular Hbond substituents is 1. The molecule has 0 aliphatic carbocycles. The number of phenols is 1. The molecule has 0 fully saturated rings. The fourth-order valence-electron chi connectivity index (χ4n) is 1.81. The largest absolute Gasteiger partial charge is 0.508 e. The predicted molar refractivity (Wildman–Crippen MR) is 53.1 cm³/mol. The van der Waals surface area contributed by atoms with Crippen molar-refractivity contribution >= 4 is 5.97 Å². The average molecular weight is 208 g/mol. The molecule has 15 heavy (non-hydrogen) atoms. The molecule has 1 aromatic carbocycles. The molecule has 0 saturated heterocycles. The monoisotopic (exact) mass is 208 g/mol. The lowest BCUT2D eigenvalue weighted by Crippen LogP contribution is -2.19. The Hall–Kier alpha value is -1.71. The zero-order valence-electron chi connectivity index (χ0n) is 8.30. The summed E-state index contributed by atoms with van der Waals surface area (Å²) in [6.45, 7) is 2.02. The molecule has 1 aliphatic heterocycles. The van der Waals surface area contributed by atoms with E-state index in [4.69, 9.17) is 9.84 Å². The van der Waals surface area contributed by atoms with Crippen LogP contribution >= 0.6 is 0 Å². The molecule has 0 bridgehead atoms. The summed E-state index contributed by atoms with van der Waals surface area (Å²) >= 11 is 0. The van der Waals surface area contributed by atoms with Crippen molar-refractivity contribution in [3.05, 3.63) is 23.8 Å². The van der Waals surface area contributed by atoms with Gasteiger partial charge in [0.2, 0.25) is 0 Å². The Balaban J connectivity index is 2.35. The number of fused-ring (bicyclic) bond motifs is 1. The molecule has 1 aliphatic rings. The summed E-state index contributed by atoms with van der Waals surface area (Å²) in [7, 11) is 0. The Bertz CT molecular complexity index is 400. The van der Waals surface area contributed by atoms with Crippen molar-refractivity contribution in [2.75, 3.05) is 6.61 Å². The number of benzene rings is 1. The molecule has 0 radical (unpaired) electrons. The molecule has 1 heterocycles. The van der Waals surface area contributed by atoms with E-state index in [2.05, 4.69) is 0 Å². The van der Waals surface area contributed by atoms with Crippen LogP contribution in [0.4, 0.5) is 0 Å². The molecule has 2 N–H and O–H groups in total. The maximum Gasteiger partial charge on any atom is 0.306 e. The number of hydrogen-bond donors (Lipinski definition) is 2. The molecule has 4 nitrogen and oxygen atoms in total. The number of carbonyl (C=O) groups is 1. The minimum atomic E-state index is -0.847. The first-order valence-electron chi connectivity index (χ1n) is 4.78. The minimum Gasteiger partial charge on any atom is -0.508 e. The van der Waals surface area contributed by atoms with E-state index in [0.717, 1.165) is 5.56 Å². The van der Waals surface area contributed by atoms with E-state index in [9.17, 15) is 9.90 Å². The van der Waals surface area contributed by atoms with Crippen molar-refractivity contribution < 1.29 is 19.7 Å². The van der Waals surface area contributed by atoms with E-state index in [1.807, 2.05) is 0 Å². The van der Waals surface area contributed by atoms with Gasteiger partial charge >= 0.3 is 5.97 Å². The van der Waals surface area contributed by atoms with Crippen LogP contribution in [-0.2, 0) is 4.79 Å². The van der Waals surface area contributed by atoms with Crippen molar-refractivity contribution in [3.63, 3.8) is 0 Å². The van der Waals surface area contributed by atoms with Crippen molar-refractivity contribution in [3.8, 4) is 11.5 Å². The molecular formula is C11H12O4. The fourth-order valence-corrected chi connectivity index (χ4v) is 1.81. The highest BCUT2D eigenvalue weighted by molar-refractivity contribution is 5.71. The summed E-state index contributed by atoms with van der Waals surface area (Å²) in [5, 5.41) is 18.3. The summed E-state index contributed by atoms with van der Waals surface area (Å²) in [6, 6.07) is 4.78. The normalized spacial score (nSPS) is 20.5. The molecule has 2 rings (SSSR count). The molecule has 0 saturated carbocycles. The van der Waals surface area contributed by atoms with Crippen LogP contribution in [0.15, 0.2) is 18.2 Å². The van der Waals surface area contributed by atoms with Gasteiger partial charge in [-0.2, -0.15) is 0 Å². The second-order valence-corrected chi connectivity index (χ2v) is 3.77. The van der Waals surface area contributed by atoms with E-state index in [1.165, 1.54) is 6.07 Å². The van der Waals surface area contributed by atoms with Crippen LogP contribution < -0.4 is 4.74 Å². The Morgan fingerprint density at radius 1 is 1.60 bits per heavy atom. The molecule has 0 spiro atoms. The number of carboxylic acid groups (broad SMARTS) is 1. The third-order valence-corrected chi connectivity index (χ3v) is 2.80. The van der Waals surface area contributed by atoms with E-state index < -0.39 is 11.9 Å². The Morgan fingerprint density at radius 3 is 3.00 bits per heavy atom. The number of hydrogen-bond acceptors (Lipinski definition) is 3. The first-order valence-corrected chi connectivity index (χ1v) is 4.78. The van der Waals surface area contributed by atoms with Crippen LogP contribution in [0.3, 0.4) is 0 Å². The quantitative estimate of drug-likeness (QED) is 0.774. The number of rotatable bonds is 2. The molecular weight excluding hydrogens is 196 g/mol. The minimum absolute atomic E-state index is 0.141. The highest BCUT2D eigenvalue weighted by atomic mass is 16.5. The maximum atomic E-state index is 10.9. The van der Waals surface area contributed by atoms with Gasteiger partial charge in [-0.1, -0.05) is 6.92 Å². The number of aromatic hydroxyl groups is 1. The van der Waals surface area contributed by atoms with Crippen LogP contribution in [0, 0.1) is 5.92 Å². The predicted octanol–water partition coefficient (Wildman–Crippen LogP) is 1.59. The van der Waals surface area contributed by atoms with Crippen molar-refractivity contribution in [1.29, 1.82) is 0 Å². The van der Waals surface area contributed by atoms with Gasteiger partial charge in [0, 0.05) is 11.5 Å². The van der Waals surface area contributed by atoms with Crippen LogP contribution in [0.25, 0.3) is 0 Å². The summed E-state index contributed by atoms with van der Waals surface area (Å²) in [5.41, 5.74) is 0.782. The van der Waals surface area contributed by atoms with E-state index in [-0.39, 0.29) is 11.7 Å². The topological polar surface area (TPSA) is 66.8 Å². The van der Waals surface area contributed by atoms with E-state index >= 15 is 0 Å². The molecule has 4 heteroatoms. The van der Waals surface area contributed by atoms with Gasteiger partial charge in [0.25, 0.3) is 0 Å². The van der Waals surface area contributed by atoms with Crippen molar-refractivity contribution in [1.82, 2.24) is 0 Å². The van der Waals surface area contributed by atoms with Gasteiger partial charge in [-0.15, -0.1) is 0 Å². The number of ether oxygens (including phenoxy) is 1. The van der Waals surface area contributed by atoms with Gasteiger partial charge in [-0.3, -0.25) is 4.79 Å². The zero-order valence-corrected chi connectivity index (χ0v) is 8.30. The van der Waals surface area contributed by atoms with Crippen LogP contribution in [0.2, 0.25) is 0 Å². The third kappa shape index (κ3) is 1.63. The van der Waals surface area contributed by atoms with Crippen LogP contribution in [-0.4, -0.2) is 22.8 Å². The van der Waals surface area contributed by atoms with Gasteiger partial charge in [0.1, 0.15) is 11.5 Å².